The first-order chi connectivity index (χ1) is 11.1. The molecule has 3 nitrogen and oxygen atoms in total. The lowest BCUT2D eigenvalue weighted by Gasteiger charge is -2.44. The molecule has 0 N–H and O–H groups in total. The summed E-state index contributed by atoms with van der Waals surface area (Å²) in [4.78, 5) is 4.91. The predicted molar refractivity (Wildman–Crippen MR) is 95.5 cm³/mol. The van der Waals surface area contributed by atoms with Gasteiger partial charge in [0.15, 0.2) is 0 Å². The number of hydrogen-bond donors (Lipinski definition) is 0. The first-order valence-corrected chi connectivity index (χ1v) is 9.13. The van der Waals surface area contributed by atoms with E-state index in [-0.39, 0.29) is 0 Å². The van der Waals surface area contributed by atoms with Crippen LogP contribution in [0.15, 0.2) is 24.3 Å². The number of ether oxygens (including phenoxy) is 1. The fourth-order valence-corrected chi connectivity index (χ4v) is 4.00. The molecule has 0 unspecified atom stereocenters. The Morgan fingerprint density at radius 2 is 1.83 bits per heavy atom. The molecule has 0 aromatic heterocycles. The van der Waals surface area contributed by atoms with Crippen LogP contribution in [0.3, 0.4) is 0 Å². The third kappa shape index (κ3) is 4.14. The van der Waals surface area contributed by atoms with Gasteiger partial charge in [-0.05, 0) is 76.3 Å². The van der Waals surface area contributed by atoms with Crippen molar-refractivity contribution in [1.29, 1.82) is 0 Å². The number of likely N-dealkylation sites (tertiary alicyclic amines) is 1. The van der Waals surface area contributed by atoms with E-state index in [0.29, 0.717) is 11.5 Å². The average Bonchev–Trinajstić information content (AvgIpc) is 2.57. The summed E-state index contributed by atoms with van der Waals surface area (Å²) in [6.45, 7) is 7.81. The summed E-state index contributed by atoms with van der Waals surface area (Å²) in [7, 11) is 4.30. The van der Waals surface area contributed by atoms with Crippen LogP contribution >= 0.6 is 0 Å². The van der Waals surface area contributed by atoms with E-state index in [1.165, 1.54) is 49.9 Å². The number of nitrogens with zero attached hydrogens (tertiary/aromatic N) is 2. The molecule has 0 amide bonds. The van der Waals surface area contributed by atoms with E-state index in [9.17, 15) is 0 Å². The van der Waals surface area contributed by atoms with E-state index in [4.69, 9.17) is 4.74 Å². The molecule has 1 spiro atoms. The van der Waals surface area contributed by atoms with Crippen LogP contribution < -0.4 is 0 Å². The summed E-state index contributed by atoms with van der Waals surface area (Å²) in [6, 6.07) is 9.62. The number of piperidine rings is 1. The fraction of sp³-hybridized carbons (Fsp3) is 0.700. The quantitative estimate of drug-likeness (QED) is 0.842. The lowest BCUT2D eigenvalue weighted by atomic mass is 9.72. The van der Waals surface area contributed by atoms with E-state index in [1.807, 2.05) is 0 Å². The van der Waals surface area contributed by atoms with Gasteiger partial charge in [-0.1, -0.05) is 24.3 Å². The second kappa shape index (κ2) is 7.33. The van der Waals surface area contributed by atoms with Crippen LogP contribution in [0.2, 0.25) is 0 Å². The molecule has 2 aliphatic rings. The van der Waals surface area contributed by atoms with Crippen molar-refractivity contribution in [3.05, 3.63) is 35.4 Å². The van der Waals surface area contributed by atoms with Crippen LogP contribution in [0.5, 0.6) is 0 Å². The van der Waals surface area contributed by atoms with Crippen molar-refractivity contribution in [2.45, 2.75) is 45.2 Å². The zero-order valence-electron chi connectivity index (χ0n) is 15.1. The molecule has 2 fully saturated rings. The van der Waals surface area contributed by atoms with Crippen LogP contribution in [-0.4, -0.2) is 50.2 Å². The van der Waals surface area contributed by atoms with Crippen molar-refractivity contribution in [1.82, 2.24) is 9.80 Å². The molecule has 2 aliphatic heterocycles. The molecule has 1 atom stereocenters. The first-order valence-electron chi connectivity index (χ1n) is 9.13. The SMILES string of the molecule is C[C@H](c1cccc(CN2CCC3(CCOCC3)CC2)c1)N(C)C. The molecule has 23 heavy (non-hydrogen) atoms. The zero-order chi connectivity index (χ0) is 16.3. The van der Waals surface area contributed by atoms with Gasteiger partial charge in [-0.3, -0.25) is 4.90 Å². The Morgan fingerprint density at radius 3 is 2.48 bits per heavy atom. The third-order valence-corrected chi connectivity index (χ3v) is 6.08. The maximum Gasteiger partial charge on any atom is 0.0471 e. The van der Waals surface area contributed by atoms with Crippen LogP contribution in [-0.2, 0) is 11.3 Å². The highest BCUT2D eigenvalue weighted by atomic mass is 16.5. The molecule has 128 valence electrons. The van der Waals surface area contributed by atoms with Crippen LogP contribution in [0, 0.1) is 5.41 Å². The molecule has 0 saturated carbocycles. The molecule has 0 bridgehead atoms. The average molecular weight is 316 g/mol. The largest absolute Gasteiger partial charge is 0.381 e. The van der Waals surface area contributed by atoms with Gasteiger partial charge in [-0.2, -0.15) is 0 Å². The van der Waals surface area contributed by atoms with Gasteiger partial charge >= 0.3 is 0 Å². The summed E-state index contributed by atoms with van der Waals surface area (Å²) in [5, 5.41) is 0. The molecular formula is C20H32N2O. The van der Waals surface area contributed by atoms with Crippen molar-refractivity contribution in [2.75, 3.05) is 40.4 Å². The molecule has 2 heterocycles. The zero-order valence-corrected chi connectivity index (χ0v) is 15.1. The van der Waals surface area contributed by atoms with Gasteiger partial charge in [0.1, 0.15) is 0 Å². The smallest absolute Gasteiger partial charge is 0.0471 e. The Bertz CT molecular complexity index is 498. The molecule has 3 heteroatoms. The third-order valence-electron chi connectivity index (χ3n) is 6.08. The van der Waals surface area contributed by atoms with Crippen molar-refractivity contribution in [2.24, 2.45) is 5.41 Å². The Morgan fingerprint density at radius 1 is 1.13 bits per heavy atom. The second-order valence-corrected chi connectivity index (χ2v) is 7.77. The molecule has 0 radical (unpaired) electrons. The highest BCUT2D eigenvalue weighted by molar-refractivity contribution is 5.25. The number of hydrogen-bond acceptors (Lipinski definition) is 3. The van der Waals surface area contributed by atoms with Gasteiger partial charge in [0.05, 0.1) is 0 Å². The highest BCUT2D eigenvalue weighted by Gasteiger charge is 2.35. The van der Waals surface area contributed by atoms with Crippen molar-refractivity contribution >= 4 is 0 Å². The van der Waals surface area contributed by atoms with Gasteiger partial charge < -0.3 is 9.64 Å². The Hall–Kier alpha value is -0.900. The topological polar surface area (TPSA) is 15.7 Å². The van der Waals surface area contributed by atoms with Crippen molar-refractivity contribution < 1.29 is 4.74 Å². The Labute approximate surface area is 141 Å². The van der Waals surface area contributed by atoms with Gasteiger partial charge in [-0.25, -0.2) is 0 Å². The van der Waals surface area contributed by atoms with E-state index in [2.05, 4.69) is 55.1 Å². The van der Waals surface area contributed by atoms with Crippen LogP contribution in [0.25, 0.3) is 0 Å². The minimum atomic E-state index is 0.474. The van der Waals surface area contributed by atoms with E-state index >= 15 is 0 Å². The van der Waals surface area contributed by atoms with Gasteiger partial charge in [0.25, 0.3) is 0 Å². The molecular weight excluding hydrogens is 284 g/mol. The second-order valence-electron chi connectivity index (χ2n) is 7.77. The molecule has 0 aliphatic carbocycles. The minimum absolute atomic E-state index is 0.474. The number of benzene rings is 1. The van der Waals surface area contributed by atoms with E-state index in [1.54, 1.807) is 0 Å². The van der Waals surface area contributed by atoms with E-state index in [0.717, 1.165) is 19.8 Å². The Balaban J connectivity index is 1.57. The molecule has 3 rings (SSSR count). The summed E-state index contributed by atoms with van der Waals surface area (Å²) < 4.78 is 5.56. The first kappa shape index (κ1) is 16.9. The number of rotatable bonds is 4. The van der Waals surface area contributed by atoms with Gasteiger partial charge in [0.2, 0.25) is 0 Å². The lowest BCUT2D eigenvalue weighted by molar-refractivity contribution is -0.0218. The fourth-order valence-electron chi connectivity index (χ4n) is 4.00. The normalized spacial score (nSPS) is 23.3. The lowest BCUT2D eigenvalue weighted by Crippen LogP contribution is -2.42. The van der Waals surface area contributed by atoms with Gasteiger partial charge in [-0.15, -0.1) is 0 Å². The Kier molecular flexibility index (Phi) is 5.40. The van der Waals surface area contributed by atoms with Gasteiger partial charge in [0, 0.05) is 25.8 Å². The summed E-state index contributed by atoms with van der Waals surface area (Å²) >= 11 is 0. The van der Waals surface area contributed by atoms with Crippen molar-refractivity contribution in [3.63, 3.8) is 0 Å². The van der Waals surface area contributed by atoms with Crippen LogP contribution in [0.1, 0.15) is 49.8 Å². The standard InChI is InChI=1S/C20H32N2O/c1-17(21(2)3)19-6-4-5-18(15-19)16-22-11-7-20(8-12-22)9-13-23-14-10-20/h4-6,15,17H,7-14,16H2,1-3H3/t17-/m1/s1. The minimum Gasteiger partial charge on any atom is -0.381 e. The van der Waals surface area contributed by atoms with Crippen LogP contribution in [0.4, 0.5) is 0 Å². The molecule has 1 aromatic carbocycles. The predicted octanol–water partition coefficient (Wildman–Crippen LogP) is 3.70. The van der Waals surface area contributed by atoms with Crippen molar-refractivity contribution in [3.8, 4) is 0 Å². The summed E-state index contributed by atoms with van der Waals surface area (Å²) in [5.41, 5.74) is 3.47. The summed E-state index contributed by atoms with van der Waals surface area (Å²) in [6.07, 6.45) is 5.25. The maximum absolute atomic E-state index is 5.56. The molecule has 2 saturated heterocycles. The highest BCUT2D eigenvalue weighted by Crippen LogP contribution is 2.40. The molecule has 1 aromatic rings. The maximum atomic E-state index is 5.56. The summed E-state index contributed by atoms with van der Waals surface area (Å²) in [5.74, 6) is 0. The van der Waals surface area contributed by atoms with E-state index < -0.39 is 0 Å². The monoisotopic (exact) mass is 316 g/mol.